The molecule has 0 aromatic carbocycles. The van der Waals surface area contributed by atoms with Crippen molar-refractivity contribution in [2.24, 2.45) is 16.7 Å². The van der Waals surface area contributed by atoms with Crippen molar-refractivity contribution in [2.75, 3.05) is 13.2 Å². The van der Waals surface area contributed by atoms with Crippen LogP contribution in [-0.4, -0.2) is 25.3 Å². The normalized spacial score (nSPS) is 36.5. The van der Waals surface area contributed by atoms with Gasteiger partial charge in [-0.3, -0.25) is 0 Å². The van der Waals surface area contributed by atoms with Crippen LogP contribution in [0.2, 0.25) is 0 Å². The van der Waals surface area contributed by atoms with E-state index in [-0.39, 0.29) is 0 Å². The second kappa shape index (κ2) is 6.36. The summed E-state index contributed by atoms with van der Waals surface area (Å²) in [5.74, 6) is 0.880. The number of hydrogen-bond acceptors (Lipinski definition) is 2. The van der Waals surface area contributed by atoms with Gasteiger partial charge in [-0.15, -0.1) is 0 Å². The summed E-state index contributed by atoms with van der Waals surface area (Å²) < 4.78 is 6.42. The van der Waals surface area contributed by atoms with Crippen LogP contribution in [0.4, 0.5) is 0 Å². The van der Waals surface area contributed by atoms with Crippen molar-refractivity contribution in [1.82, 2.24) is 5.32 Å². The van der Waals surface area contributed by atoms with Gasteiger partial charge in [0.15, 0.2) is 0 Å². The van der Waals surface area contributed by atoms with E-state index in [2.05, 4.69) is 39.9 Å². The molecule has 0 aromatic rings. The van der Waals surface area contributed by atoms with E-state index in [0.717, 1.165) is 19.1 Å². The fourth-order valence-corrected chi connectivity index (χ4v) is 4.56. The Morgan fingerprint density at radius 2 is 1.95 bits per heavy atom. The van der Waals surface area contributed by atoms with Crippen molar-refractivity contribution >= 4 is 0 Å². The van der Waals surface area contributed by atoms with Crippen molar-refractivity contribution < 1.29 is 4.74 Å². The van der Waals surface area contributed by atoms with Crippen molar-refractivity contribution in [3.05, 3.63) is 0 Å². The molecule has 2 aliphatic carbocycles. The first kappa shape index (κ1) is 16.3. The lowest BCUT2D eigenvalue weighted by atomic mass is 9.70. The van der Waals surface area contributed by atoms with E-state index in [9.17, 15) is 0 Å². The van der Waals surface area contributed by atoms with Gasteiger partial charge in [0.1, 0.15) is 0 Å². The SMILES string of the molecule is CCCNC(CCC)COC1CC2CCC1(C)C2(C)C. The van der Waals surface area contributed by atoms with E-state index in [1.54, 1.807) is 0 Å². The Morgan fingerprint density at radius 3 is 2.45 bits per heavy atom. The standard InChI is InChI=1S/C18H35NO/c1-6-8-15(19-11-7-2)13-20-16-12-14-9-10-18(16,5)17(14,3)4/h14-16,19H,6-13H2,1-5H3. The van der Waals surface area contributed by atoms with Gasteiger partial charge in [-0.25, -0.2) is 0 Å². The van der Waals surface area contributed by atoms with E-state index in [1.165, 1.54) is 38.5 Å². The van der Waals surface area contributed by atoms with Crippen LogP contribution in [-0.2, 0) is 4.74 Å². The molecule has 2 rings (SSSR count). The first-order valence-corrected chi connectivity index (χ1v) is 8.80. The van der Waals surface area contributed by atoms with Gasteiger partial charge < -0.3 is 10.1 Å². The molecular weight excluding hydrogens is 246 g/mol. The third-order valence-corrected chi connectivity index (χ3v) is 6.53. The minimum Gasteiger partial charge on any atom is -0.376 e. The van der Waals surface area contributed by atoms with E-state index < -0.39 is 0 Å². The third-order valence-electron chi connectivity index (χ3n) is 6.53. The molecule has 2 bridgehead atoms. The van der Waals surface area contributed by atoms with Gasteiger partial charge in [0.2, 0.25) is 0 Å². The Labute approximate surface area is 126 Å². The maximum absolute atomic E-state index is 6.42. The molecule has 0 spiro atoms. The molecular formula is C18H35NO. The van der Waals surface area contributed by atoms with Gasteiger partial charge in [0.05, 0.1) is 12.7 Å². The van der Waals surface area contributed by atoms with Gasteiger partial charge in [-0.05, 0) is 55.4 Å². The maximum Gasteiger partial charge on any atom is 0.0637 e. The Hall–Kier alpha value is -0.0800. The Kier molecular flexibility index (Phi) is 5.18. The van der Waals surface area contributed by atoms with Crippen LogP contribution in [0.25, 0.3) is 0 Å². The van der Waals surface area contributed by atoms with Crippen LogP contribution in [0.5, 0.6) is 0 Å². The highest BCUT2D eigenvalue weighted by molar-refractivity contribution is 5.11. The summed E-state index contributed by atoms with van der Waals surface area (Å²) in [5.41, 5.74) is 0.869. The van der Waals surface area contributed by atoms with Gasteiger partial charge in [0, 0.05) is 6.04 Å². The summed E-state index contributed by atoms with van der Waals surface area (Å²) in [4.78, 5) is 0. The molecule has 1 N–H and O–H groups in total. The van der Waals surface area contributed by atoms with Gasteiger partial charge in [-0.2, -0.15) is 0 Å². The van der Waals surface area contributed by atoms with Crippen molar-refractivity contribution in [3.8, 4) is 0 Å². The quantitative estimate of drug-likeness (QED) is 0.712. The monoisotopic (exact) mass is 281 g/mol. The van der Waals surface area contributed by atoms with Crippen LogP contribution in [0, 0.1) is 16.7 Å². The molecule has 0 saturated heterocycles. The fraction of sp³-hybridized carbons (Fsp3) is 1.00. The van der Waals surface area contributed by atoms with E-state index in [4.69, 9.17) is 4.74 Å². The fourth-order valence-electron chi connectivity index (χ4n) is 4.56. The number of ether oxygens (including phenoxy) is 1. The third kappa shape index (κ3) is 2.78. The van der Waals surface area contributed by atoms with Crippen LogP contribution in [0.1, 0.15) is 73.1 Å². The predicted molar refractivity (Wildman–Crippen MR) is 86.0 cm³/mol. The number of rotatable bonds is 8. The van der Waals surface area contributed by atoms with Crippen molar-refractivity contribution in [2.45, 2.75) is 85.3 Å². The minimum absolute atomic E-state index is 0.402. The molecule has 2 heteroatoms. The molecule has 4 unspecified atom stereocenters. The highest BCUT2D eigenvalue weighted by Crippen LogP contribution is 2.66. The van der Waals surface area contributed by atoms with E-state index in [1.807, 2.05) is 0 Å². The first-order chi connectivity index (χ1) is 9.45. The Balaban J connectivity index is 1.88. The molecule has 4 atom stereocenters. The molecule has 0 amide bonds. The second-order valence-corrected chi connectivity index (χ2v) is 7.87. The summed E-state index contributed by atoms with van der Waals surface area (Å²) in [6.45, 7) is 13.9. The Morgan fingerprint density at radius 1 is 1.20 bits per heavy atom. The topological polar surface area (TPSA) is 21.3 Å². The van der Waals surface area contributed by atoms with Crippen LogP contribution in [0.15, 0.2) is 0 Å². The highest BCUT2D eigenvalue weighted by Gasteiger charge is 2.61. The van der Waals surface area contributed by atoms with Gasteiger partial charge in [-0.1, -0.05) is 41.0 Å². The zero-order chi connectivity index (χ0) is 14.8. The van der Waals surface area contributed by atoms with E-state index >= 15 is 0 Å². The molecule has 118 valence electrons. The molecule has 0 aliphatic heterocycles. The van der Waals surface area contributed by atoms with Gasteiger partial charge in [0.25, 0.3) is 0 Å². The highest BCUT2D eigenvalue weighted by atomic mass is 16.5. The average Bonchev–Trinajstić information content (AvgIpc) is 2.74. The summed E-state index contributed by atoms with van der Waals surface area (Å²) in [6.07, 6.45) is 8.22. The summed E-state index contributed by atoms with van der Waals surface area (Å²) >= 11 is 0. The van der Waals surface area contributed by atoms with Crippen LogP contribution < -0.4 is 5.32 Å². The molecule has 2 nitrogen and oxygen atoms in total. The number of nitrogens with one attached hydrogen (secondary N) is 1. The Bertz CT molecular complexity index is 315. The second-order valence-electron chi connectivity index (χ2n) is 7.87. The first-order valence-electron chi connectivity index (χ1n) is 8.80. The molecule has 0 aromatic heterocycles. The lowest BCUT2D eigenvalue weighted by molar-refractivity contribution is -0.0540. The molecule has 0 heterocycles. The largest absolute Gasteiger partial charge is 0.376 e. The zero-order valence-electron chi connectivity index (χ0n) is 14.3. The lowest BCUT2D eigenvalue weighted by Gasteiger charge is -2.39. The molecule has 2 aliphatic rings. The van der Waals surface area contributed by atoms with E-state index in [0.29, 0.717) is 23.0 Å². The minimum atomic E-state index is 0.402. The summed E-state index contributed by atoms with van der Waals surface area (Å²) in [6, 6.07) is 0.547. The zero-order valence-corrected chi connectivity index (χ0v) is 14.3. The molecule has 0 radical (unpaired) electrons. The molecule has 2 saturated carbocycles. The smallest absolute Gasteiger partial charge is 0.0637 e. The maximum atomic E-state index is 6.42. The average molecular weight is 281 g/mol. The molecule has 20 heavy (non-hydrogen) atoms. The summed E-state index contributed by atoms with van der Waals surface area (Å²) in [7, 11) is 0. The predicted octanol–water partition coefficient (Wildman–Crippen LogP) is 4.39. The number of hydrogen-bond donors (Lipinski definition) is 1. The van der Waals surface area contributed by atoms with Crippen molar-refractivity contribution in [1.29, 1.82) is 0 Å². The number of fused-ring (bicyclic) bond motifs is 2. The summed E-state index contributed by atoms with van der Waals surface area (Å²) in [5, 5.41) is 3.65. The molecule has 2 fully saturated rings. The lowest BCUT2D eigenvalue weighted by Crippen LogP contribution is -2.41. The van der Waals surface area contributed by atoms with Crippen LogP contribution >= 0.6 is 0 Å². The van der Waals surface area contributed by atoms with Gasteiger partial charge >= 0.3 is 0 Å². The van der Waals surface area contributed by atoms with Crippen molar-refractivity contribution in [3.63, 3.8) is 0 Å². The van der Waals surface area contributed by atoms with Crippen LogP contribution in [0.3, 0.4) is 0 Å².